The van der Waals surface area contributed by atoms with Crippen molar-refractivity contribution in [3.63, 3.8) is 0 Å². The van der Waals surface area contributed by atoms with E-state index in [4.69, 9.17) is 0 Å². The van der Waals surface area contributed by atoms with Gasteiger partial charge in [0.2, 0.25) is 5.91 Å². The molecule has 0 aliphatic carbocycles. The van der Waals surface area contributed by atoms with Crippen LogP contribution in [0.25, 0.3) is 0 Å². The molecule has 0 bridgehead atoms. The molecule has 1 amide bonds. The van der Waals surface area contributed by atoms with Crippen LogP contribution in [0.15, 0.2) is 0 Å². The Hall–Kier alpha value is -1.05. The number of rotatable bonds is 3. The van der Waals surface area contributed by atoms with E-state index in [1.807, 2.05) is 0 Å². The number of nitrogens with zero attached hydrogens (tertiary/aromatic N) is 1. The van der Waals surface area contributed by atoms with E-state index in [0.717, 1.165) is 32.6 Å². The SMILES string of the molecule is CC#CCNC(=O)CN1CCCNCC1. The number of hydrogen-bond acceptors (Lipinski definition) is 3. The number of carbonyl (C=O) groups excluding carboxylic acids is 1. The summed E-state index contributed by atoms with van der Waals surface area (Å²) in [5.41, 5.74) is 0. The van der Waals surface area contributed by atoms with Crippen molar-refractivity contribution in [1.29, 1.82) is 0 Å². The van der Waals surface area contributed by atoms with Crippen molar-refractivity contribution >= 4 is 5.91 Å². The average molecular weight is 209 g/mol. The third kappa shape index (κ3) is 5.40. The average Bonchev–Trinajstić information content (AvgIpc) is 2.47. The summed E-state index contributed by atoms with van der Waals surface area (Å²) in [6.45, 7) is 6.70. The zero-order valence-corrected chi connectivity index (χ0v) is 9.31. The van der Waals surface area contributed by atoms with Crippen molar-refractivity contribution in [3.05, 3.63) is 0 Å². The summed E-state index contributed by atoms with van der Waals surface area (Å²) in [6, 6.07) is 0. The zero-order chi connectivity index (χ0) is 10.9. The van der Waals surface area contributed by atoms with Gasteiger partial charge in [0.05, 0.1) is 13.1 Å². The molecule has 1 saturated heterocycles. The summed E-state index contributed by atoms with van der Waals surface area (Å²) in [5, 5.41) is 6.08. The highest BCUT2D eigenvalue weighted by molar-refractivity contribution is 5.78. The number of carbonyl (C=O) groups is 1. The third-order valence-corrected chi connectivity index (χ3v) is 2.35. The van der Waals surface area contributed by atoms with Gasteiger partial charge in [-0.3, -0.25) is 9.69 Å². The minimum atomic E-state index is 0.0691. The van der Waals surface area contributed by atoms with Crippen LogP contribution < -0.4 is 10.6 Å². The van der Waals surface area contributed by atoms with Crippen LogP contribution in [0, 0.1) is 11.8 Å². The summed E-state index contributed by atoms with van der Waals surface area (Å²) in [6.07, 6.45) is 1.11. The number of amides is 1. The summed E-state index contributed by atoms with van der Waals surface area (Å²) in [4.78, 5) is 13.6. The highest BCUT2D eigenvalue weighted by atomic mass is 16.2. The van der Waals surface area contributed by atoms with Gasteiger partial charge in [0.15, 0.2) is 0 Å². The molecule has 0 aromatic heterocycles. The molecule has 1 aliphatic heterocycles. The van der Waals surface area contributed by atoms with Crippen molar-refractivity contribution in [2.24, 2.45) is 0 Å². The minimum Gasteiger partial charge on any atom is -0.344 e. The molecule has 4 heteroatoms. The molecule has 1 fully saturated rings. The van der Waals surface area contributed by atoms with E-state index in [9.17, 15) is 4.79 Å². The van der Waals surface area contributed by atoms with E-state index in [1.54, 1.807) is 6.92 Å². The molecule has 1 aliphatic rings. The quantitative estimate of drug-likeness (QED) is 0.611. The lowest BCUT2D eigenvalue weighted by Crippen LogP contribution is -2.39. The van der Waals surface area contributed by atoms with Crippen LogP contribution in [-0.2, 0) is 4.79 Å². The Labute approximate surface area is 91.4 Å². The maximum Gasteiger partial charge on any atom is 0.234 e. The molecule has 0 spiro atoms. The van der Waals surface area contributed by atoms with Gasteiger partial charge in [-0.15, -0.1) is 5.92 Å². The van der Waals surface area contributed by atoms with Gasteiger partial charge in [-0.25, -0.2) is 0 Å². The lowest BCUT2D eigenvalue weighted by Gasteiger charge is -2.18. The monoisotopic (exact) mass is 209 g/mol. The maximum absolute atomic E-state index is 11.5. The van der Waals surface area contributed by atoms with Gasteiger partial charge in [-0.1, -0.05) is 5.92 Å². The molecule has 1 heterocycles. The molecule has 0 aromatic carbocycles. The molecule has 0 saturated carbocycles. The molecule has 0 unspecified atom stereocenters. The van der Waals surface area contributed by atoms with E-state index in [0.29, 0.717) is 13.1 Å². The summed E-state index contributed by atoms with van der Waals surface area (Å²) < 4.78 is 0. The van der Waals surface area contributed by atoms with E-state index in [-0.39, 0.29) is 5.91 Å². The van der Waals surface area contributed by atoms with Crippen LogP contribution in [-0.4, -0.2) is 50.1 Å². The zero-order valence-electron chi connectivity index (χ0n) is 9.31. The first-order valence-corrected chi connectivity index (χ1v) is 5.42. The van der Waals surface area contributed by atoms with Gasteiger partial charge in [0, 0.05) is 13.1 Å². The summed E-state index contributed by atoms with van der Waals surface area (Å²) >= 11 is 0. The normalized spacial score (nSPS) is 17.4. The Bertz CT molecular complexity index is 246. The van der Waals surface area contributed by atoms with Crippen LogP contribution in [0.2, 0.25) is 0 Å². The van der Waals surface area contributed by atoms with E-state index in [1.165, 1.54) is 0 Å². The van der Waals surface area contributed by atoms with Gasteiger partial charge in [-0.05, 0) is 26.4 Å². The Morgan fingerprint density at radius 3 is 3.13 bits per heavy atom. The first kappa shape index (κ1) is 12.0. The van der Waals surface area contributed by atoms with Crippen molar-refractivity contribution in [2.75, 3.05) is 39.3 Å². The lowest BCUT2D eigenvalue weighted by molar-refractivity contribution is -0.121. The Kier molecular flexibility index (Phi) is 5.83. The van der Waals surface area contributed by atoms with Gasteiger partial charge in [0.25, 0.3) is 0 Å². The Balaban J connectivity index is 2.19. The number of hydrogen-bond donors (Lipinski definition) is 2. The van der Waals surface area contributed by atoms with Crippen molar-refractivity contribution in [3.8, 4) is 11.8 Å². The Morgan fingerprint density at radius 1 is 1.47 bits per heavy atom. The Morgan fingerprint density at radius 2 is 2.33 bits per heavy atom. The second-order valence-electron chi connectivity index (χ2n) is 3.58. The summed E-state index contributed by atoms with van der Waals surface area (Å²) in [7, 11) is 0. The highest BCUT2D eigenvalue weighted by Crippen LogP contribution is 1.94. The predicted octanol–water partition coefficient (Wildman–Crippen LogP) is -0.579. The fraction of sp³-hybridized carbons (Fsp3) is 0.727. The van der Waals surface area contributed by atoms with Crippen molar-refractivity contribution < 1.29 is 4.79 Å². The van der Waals surface area contributed by atoms with Crippen molar-refractivity contribution in [1.82, 2.24) is 15.5 Å². The maximum atomic E-state index is 11.5. The molecule has 0 atom stereocenters. The highest BCUT2D eigenvalue weighted by Gasteiger charge is 2.11. The van der Waals surface area contributed by atoms with Crippen LogP contribution in [0.3, 0.4) is 0 Å². The standard InChI is InChI=1S/C11H19N3O/c1-2-3-6-13-11(15)10-14-8-4-5-12-7-9-14/h12H,4-10H2,1H3,(H,13,15). The fourth-order valence-corrected chi connectivity index (χ4v) is 1.55. The van der Waals surface area contributed by atoms with Crippen LogP contribution in [0.5, 0.6) is 0 Å². The van der Waals surface area contributed by atoms with E-state index >= 15 is 0 Å². The molecule has 2 N–H and O–H groups in total. The number of nitrogens with one attached hydrogen (secondary N) is 2. The van der Waals surface area contributed by atoms with E-state index < -0.39 is 0 Å². The van der Waals surface area contributed by atoms with E-state index in [2.05, 4.69) is 27.4 Å². The molecule has 1 rings (SSSR count). The molecular formula is C11H19N3O. The smallest absolute Gasteiger partial charge is 0.234 e. The third-order valence-electron chi connectivity index (χ3n) is 2.35. The molecule has 4 nitrogen and oxygen atoms in total. The first-order valence-electron chi connectivity index (χ1n) is 5.42. The van der Waals surface area contributed by atoms with Gasteiger partial charge >= 0.3 is 0 Å². The van der Waals surface area contributed by atoms with Gasteiger partial charge in [-0.2, -0.15) is 0 Å². The van der Waals surface area contributed by atoms with Crippen LogP contribution in [0.1, 0.15) is 13.3 Å². The predicted molar refractivity (Wildman–Crippen MR) is 60.4 cm³/mol. The molecule has 15 heavy (non-hydrogen) atoms. The first-order chi connectivity index (χ1) is 7.33. The summed E-state index contributed by atoms with van der Waals surface area (Å²) in [5.74, 6) is 5.63. The fourth-order valence-electron chi connectivity index (χ4n) is 1.55. The van der Waals surface area contributed by atoms with Gasteiger partial charge in [0.1, 0.15) is 0 Å². The molecule has 84 valence electrons. The topological polar surface area (TPSA) is 44.4 Å². The molecule has 0 aromatic rings. The second-order valence-corrected chi connectivity index (χ2v) is 3.58. The minimum absolute atomic E-state index is 0.0691. The van der Waals surface area contributed by atoms with Gasteiger partial charge < -0.3 is 10.6 Å². The van der Waals surface area contributed by atoms with Crippen LogP contribution in [0.4, 0.5) is 0 Å². The second kappa shape index (κ2) is 7.27. The largest absolute Gasteiger partial charge is 0.344 e. The molecular weight excluding hydrogens is 190 g/mol. The molecule has 0 radical (unpaired) electrons. The lowest BCUT2D eigenvalue weighted by atomic mass is 10.4. The van der Waals surface area contributed by atoms with Crippen molar-refractivity contribution in [2.45, 2.75) is 13.3 Å². The van der Waals surface area contributed by atoms with Crippen LogP contribution >= 0.6 is 0 Å².